The molecule has 0 aromatic carbocycles. The maximum atomic E-state index is 12.0. The van der Waals surface area contributed by atoms with E-state index in [2.05, 4.69) is 16.9 Å². The van der Waals surface area contributed by atoms with E-state index in [-0.39, 0.29) is 78.4 Å². The Hall–Kier alpha value is -0.650. The first kappa shape index (κ1) is 37.9. The van der Waals surface area contributed by atoms with E-state index in [9.17, 15) is 29.7 Å². The molecule has 0 spiro atoms. The molecular weight excluding hydrogens is 466 g/mol. The van der Waals surface area contributed by atoms with Crippen LogP contribution in [-0.2, 0) is 14.4 Å². The zero-order valence-corrected chi connectivity index (χ0v) is 24.8. The molecule has 184 valence electrons. The summed E-state index contributed by atoms with van der Waals surface area (Å²) in [5.74, 6) is -5.39. The normalized spacial score (nSPS) is 13.3. The van der Waals surface area contributed by atoms with E-state index in [1.54, 1.807) is 0 Å². The number of hydrogen-bond donors (Lipinski definition) is 3. The molecule has 1 unspecified atom stereocenters. The molecule has 0 aliphatic heterocycles. The van der Waals surface area contributed by atoms with E-state index in [4.69, 9.17) is 10.2 Å². The van der Waals surface area contributed by atoms with Crippen LogP contribution in [0, 0.1) is 0 Å². The van der Waals surface area contributed by atoms with Crippen molar-refractivity contribution in [2.24, 2.45) is 9.98 Å². The third kappa shape index (κ3) is 21.9. The van der Waals surface area contributed by atoms with Crippen LogP contribution in [-0.4, -0.2) is 57.1 Å². The fraction of sp³-hybridized carbons (Fsp3) is 0.773. The zero-order chi connectivity index (χ0) is 24.4. The minimum absolute atomic E-state index is 0. The summed E-state index contributed by atoms with van der Waals surface area (Å²) in [6.45, 7) is 2.17. The van der Waals surface area contributed by atoms with E-state index in [1.165, 1.54) is 32.1 Å². The van der Waals surface area contributed by atoms with Crippen LogP contribution in [0.2, 0.25) is 0 Å². The van der Waals surface area contributed by atoms with Gasteiger partial charge >= 0.3 is 77.0 Å². The number of carboxylic acid groups (broad SMARTS) is 3. The van der Waals surface area contributed by atoms with Gasteiger partial charge in [-0.15, -0.1) is 0 Å². The Morgan fingerprint density at radius 1 is 0.647 bits per heavy atom. The van der Waals surface area contributed by atoms with Crippen molar-refractivity contribution < 1.29 is 99.0 Å². The molecule has 0 saturated heterocycles. The number of aliphatic carboxylic acids is 3. The molecule has 0 aromatic heterocycles. The first-order valence-electron chi connectivity index (χ1n) is 11.3. The molecule has 0 aliphatic rings. The molecule has 2 atom stereocenters. The SMILES string of the molecule is CCCCCCCCCCCC([O-])=N[C@@H](CCC([O-])=NC(CCC(=O)O)C(=O)O)C(=O)O.[Na+].[Na+]. The molecule has 0 heterocycles. The molecule has 0 fully saturated rings. The van der Waals surface area contributed by atoms with Crippen LogP contribution < -0.4 is 69.3 Å². The van der Waals surface area contributed by atoms with Crippen molar-refractivity contribution in [2.45, 2.75) is 109 Å². The minimum atomic E-state index is -1.51. The predicted octanol–water partition coefficient (Wildman–Crippen LogP) is -4.02. The van der Waals surface area contributed by atoms with Crippen LogP contribution in [0.15, 0.2) is 9.98 Å². The molecule has 0 aromatic rings. The second-order valence-electron chi connectivity index (χ2n) is 7.80. The quantitative estimate of drug-likeness (QED) is 0.0651. The predicted molar refractivity (Wildman–Crippen MR) is 116 cm³/mol. The monoisotopic (exact) mass is 502 g/mol. The molecule has 12 heteroatoms. The summed E-state index contributed by atoms with van der Waals surface area (Å²) in [5, 5.41) is 50.7. The Bertz CT molecular complexity index is 644. The topological polar surface area (TPSA) is 183 Å². The second kappa shape index (κ2) is 24.1. The smallest absolute Gasteiger partial charge is 0.862 e. The average Bonchev–Trinajstić information content (AvgIpc) is 2.72. The Morgan fingerprint density at radius 2 is 1.03 bits per heavy atom. The van der Waals surface area contributed by atoms with Crippen molar-refractivity contribution in [1.82, 2.24) is 0 Å². The Morgan fingerprint density at radius 3 is 1.44 bits per heavy atom. The van der Waals surface area contributed by atoms with E-state index < -0.39 is 54.6 Å². The van der Waals surface area contributed by atoms with Crippen LogP contribution in [0.4, 0.5) is 0 Å². The molecule has 10 nitrogen and oxygen atoms in total. The second-order valence-corrected chi connectivity index (χ2v) is 7.80. The fourth-order valence-corrected chi connectivity index (χ4v) is 3.07. The van der Waals surface area contributed by atoms with Crippen molar-refractivity contribution in [3.05, 3.63) is 0 Å². The number of nitrogens with zero attached hydrogens (tertiary/aromatic N) is 2. The number of carboxylic acids is 3. The maximum absolute atomic E-state index is 12.0. The number of carbonyl (C=O) groups is 3. The number of rotatable bonds is 20. The summed E-state index contributed by atoms with van der Waals surface area (Å²) in [4.78, 5) is 40.1. The molecule has 0 radical (unpaired) electrons. The number of aliphatic imine (C=N–C) groups is 2. The standard InChI is InChI=1S/C22H38N2O8.2Na/c1-2-3-4-5-6-7-8-9-10-11-18(25)23-16(21(29)30)12-14-19(26)24-17(22(31)32)13-15-20(27)28;;/h16-17H,2-15H2,1H3,(H,23,25)(H,24,26)(H,27,28)(H,29,30)(H,31,32);;/q;2*+1/p-2/t16-,17?;;/m0../s1. The summed E-state index contributed by atoms with van der Waals surface area (Å²) in [5.41, 5.74) is 0. The van der Waals surface area contributed by atoms with Gasteiger partial charge in [-0.25, -0.2) is 9.59 Å². The third-order valence-electron chi connectivity index (χ3n) is 4.93. The van der Waals surface area contributed by atoms with Crippen LogP contribution in [0.3, 0.4) is 0 Å². The van der Waals surface area contributed by atoms with Gasteiger partial charge in [0.15, 0.2) is 0 Å². The molecule has 0 amide bonds. The number of hydrogen-bond acceptors (Lipinski definition) is 7. The molecule has 0 rings (SSSR count). The van der Waals surface area contributed by atoms with Crippen LogP contribution in [0.25, 0.3) is 0 Å². The maximum Gasteiger partial charge on any atom is 1.00 e. The summed E-state index contributed by atoms with van der Waals surface area (Å²) >= 11 is 0. The summed E-state index contributed by atoms with van der Waals surface area (Å²) in [6, 6.07) is -2.91. The van der Waals surface area contributed by atoms with Gasteiger partial charge in [-0.1, -0.05) is 58.3 Å². The van der Waals surface area contributed by atoms with Crippen molar-refractivity contribution >= 4 is 29.7 Å². The Balaban J connectivity index is -0.00000480. The molecule has 3 N–H and O–H groups in total. The van der Waals surface area contributed by atoms with Gasteiger partial charge in [-0.05, 0) is 43.9 Å². The van der Waals surface area contributed by atoms with Crippen LogP contribution in [0.5, 0.6) is 0 Å². The summed E-state index contributed by atoms with van der Waals surface area (Å²) < 4.78 is 0. The fourth-order valence-electron chi connectivity index (χ4n) is 3.07. The molecule has 0 saturated carbocycles. The van der Waals surface area contributed by atoms with Gasteiger partial charge in [0.25, 0.3) is 0 Å². The van der Waals surface area contributed by atoms with Gasteiger partial charge in [0.1, 0.15) is 12.1 Å². The van der Waals surface area contributed by atoms with Gasteiger partial charge in [0.05, 0.1) is 0 Å². The van der Waals surface area contributed by atoms with E-state index >= 15 is 0 Å². The van der Waals surface area contributed by atoms with Crippen molar-refractivity contribution in [2.75, 3.05) is 0 Å². The van der Waals surface area contributed by atoms with Gasteiger partial charge in [-0.3, -0.25) is 14.8 Å². The Kier molecular flexibility index (Phi) is 26.8. The summed E-state index contributed by atoms with van der Waals surface area (Å²) in [6.07, 6.45) is 8.40. The largest absolute Gasteiger partial charge is 1.00 e. The zero-order valence-electron chi connectivity index (χ0n) is 20.8. The van der Waals surface area contributed by atoms with Crippen molar-refractivity contribution in [3.8, 4) is 0 Å². The van der Waals surface area contributed by atoms with Gasteiger partial charge in [-0.2, -0.15) is 0 Å². The van der Waals surface area contributed by atoms with E-state index in [1.807, 2.05) is 0 Å². The molecular formula is C22H36N2Na2O8. The van der Waals surface area contributed by atoms with Crippen LogP contribution in [0.1, 0.15) is 96.8 Å². The molecule has 0 aliphatic carbocycles. The van der Waals surface area contributed by atoms with Gasteiger partial charge in [0, 0.05) is 6.42 Å². The van der Waals surface area contributed by atoms with Crippen molar-refractivity contribution in [3.63, 3.8) is 0 Å². The first-order valence-corrected chi connectivity index (χ1v) is 11.3. The molecule has 0 bridgehead atoms. The van der Waals surface area contributed by atoms with E-state index in [0.717, 1.165) is 19.3 Å². The minimum Gasteiger partial charge on any atom is -0.862 e. The number of unbranched alkanes of at least 4 members (excludes halogenated alkanes) is 8. The molecule has 34 heavy (non-hydrogen) atoms. The third-order valence-corrected chi connectivity index (χ3v) is 4.93. The van der Waals surface area contributed by atoms with Crippen LogP contribution >= 0.6 is 0 Å². The van der Waals surface area contributed by atoms with Gasteiger partial charge < -0.3 is 25.5 Å². The average molecular weight is 503 g/mol. The first-order chi connectivity index (χ1) is 15.2. The summed E-state index contributed by atoms with van der Waals surface area (Å²) in [7, 11) is 0. The van der Waals surface area contributed by atoms with Gasteiger partial charge in [0.2, 0.25) is 0 Å². The Labute approximate surface area is 245 Å². The van der Waals surface area contributed by atoms with E-state index in [0.29, 0.717) is 6.42 Å². The van der Waals surface area contributed by atoms with Crippen molar-refractivity contribution in [1.29, 1.82) is 0 Å².